The predicted molar refractivity (Wildman–Crippen MR) is 353 cm³/mol. The molecule has 6 heteroatoms. The van der Waals surface area contributed by atoms with Gasteiger partial charge in [-0.25, -0.2) is 0 Å². The van der Waals surface area contributed by atoms with Gasteiger partial charge >= 0.3 is 0 Å². The van der Waals surface area contributed by atoms with Gasteiger partial charge in [0.1, 0.15) is 0 Å². The van der Waals surface area contributed by atoms with Gasteiger partial charge in [-0.05, 0) is 94.7 Å². The Hall–Kier alpha value is -10.2. The van der Waals surface area contributed by atoms with Gasteiger partial charge in [0.15, 0.2) is 0 Å². The van der Waals surface area contributed by atoms with Gasteiger partial charge in [-0.3, -0.25) is 0 Å². The Labute approximate surface area is 475 Å². The number of fused-ring (bicyclic) bond motifs is 31. The zero-order valence-corrected chi connectivity index (χ0v) is 45.5. The Balaban J connectivity index is 0.933. The molecule has 8 aromatic heterocycles. The normalized spacial score (nSPS) is 12.6. The summed E-state index contributed by atoms with van der Waals surface area (Å²) in [6.45, 7) is 0. The van der Waals surface area contributed by atoms with E-state index >= 15 is 0 Å². The van der Waals surface area contributed by atoms with Gasteiger partial charge in [-0.1, -0.05) is 170 Å². The molecule has 0 radical (unpaired) electrons. The van der Waals surface area contributed by atoms with E-state index in [1.165, 1.54) is 171 Å². The second-order valence-corrected chi connectivity index (χ2v) is 24.4. The van der Waals surface area contributed by atoms with Crippen LogP contribution in [0.4, 0.5) is 0 Å². The number of benzene rings is 12. The zero-order valence-electron chi connectivity index (χ0n) is 43.9. The molecule has 0 aliphatic rings. The van der Waals surface area contributed by atoms with Crippen LogP contribution in [0.3, 0.4) is 0 Å². The van der Waals surface area contributed by atoms with Gasteiger partial charge in [-0.15, -0.1) is 22.7 Å². The lowest BCUT2D eigenvalue weighted by Crippen LogP contribution is -1.97. The first-order chi connectivity index (χ1) is 40.7. The maximum absolute atomic E-state index is 2.54. The van der Waals surface area contributed by atoms with Gasteiger partial charge in [0.2, 0.25) is 0 Å². The largest absolute Gasteiger partial charge is 0.315 e. The fourth-order valence-electron chi connectivity index (χ4n) is 14.9. The van der Waals surface area contributed by atoms with E-state index in [2.05, 4.69) is 273 Å². The molecule has 0 spiro atoms. The second-order valence-electron chi connectivity index (χ2n) is 22.3. The van der Waals surface area contributed by atoms with E-state index in [0.717, 1.165) is 11.4 Å². The van der Waals surface area contributed by atoms with Crippen molar-refractivity contribution in [1.29, 1.82) is 0 Å². The van der Waals surface area contributed by atoms with Gasteiger partial charge in [0, 0.05) is 129 Å². The number of rotatable bonds is 3. The Bertz CT molecular complexity index is 6240. The van der Waals surface area contributed by atoms with Crippen molar-refractivity contribution in [3.63, 3.8) is 0 Å². The third-order valence-electron chi connectivity index (χ3n) is 18.2. The summed E-state index contributed by atoms with van der Waals surface area (Å²) in [5, 5.41) is 22.8. The number of para-hydroxylation sites is 3. The molecular weight excluding hydrogens is 1030 g/mol. The van der Waals surface area contributed by atoms with Gasteiger partial charge in [0.05, 0.1) is 44.1 Å². The Morgan fingerprint density at radius 2 is 0.817 bits per heavy atom. The molecule has 0 aliphatic carbocycles. The summed E-state index contributed by atoms with van der Waals surface area (Å²) in [4.78, 5) is 0. The molecule has 0 N–H and O–H groups in total. The number of hydrogen-bond acceptors (Lipinski definition) is 2. The smallest absolute Gasteiger partial charge is 0.0641 e. The van der Waals surface area contributed by atoms with Crippen LogP contribution in [-0.2, 0) is 0 Å². The minimum atomic E-state index is 1.14. The molecule has 0 bridgehead atoms. The first kappa shape index (κ1) is 43.6. The van der Waals surface area contributed by atoms with Crippen molar-refractivity contribution in [2.24, 2.45) is 0 Å². The molecule has 20 aromatic rings. The molecule has 0 unspecified atom stereocenters. The topological polar surface area (TPSA) is 18.7 Å². The standard InChI is InChI=1S/C76H42N4S2/c1-3-19-46(20-4-1)79-62-37-43(31-32-51(62)59-38-58-53-35-36-67-70(55-27-13-15-29-65(55)81-67)74(53)78-42-45-18-7-9-23-48(45)72(78)60(58)40-63(59)79)57-39-64-69(76-68(57)54-26-12-16-30-66(54)82-76)56-34-33-52-50-25-11-14-28-61(50)80(47-21-5-2-6-22-47)75(52)71(56)73-49-24-10-8-17-44(49)41-77(64)73/h1-42H. The van der Waals surface area contributed by atoms with E-state index in [-0.39, 0.29) is 0 Å². The van der Waals surface area contributed by atoms with Crippen LogP contribution in [0, 0.1) is 0 Å². The molecule has 8 heterocycles. The van der Waals surface area contributed by atoms with Crippen molar-refractivity contribution in [3.8, 4) is 22.5 Å². The summed E-state index contributed by atoms with van der Waals surface area (Å²) in [5.74, 6) is 0. The minimum Gasteiger partial charge on any atom is -0.315 e. The van der Waals surface area contributed by atoms with E-state index in [1.807, 2.05) is 22.7 Å². The number of aromatic nitrogens is 4. The van der Waals surface area contributed by atoms with Crippen molar-refractivity contribution in [2.45, 2.75) is 0 Å². The molecule has 12 aromatic carbocycles. The summed E-state index contributed by atoms with van der Waals surface area (Å²) in [6, 6.07) is 91.2. The SMILES string of the molecule is c1ccc(-n2c3cc(-c4cc5c(c6ccc7c8ccccc8n(-c8ccccc8)c7c6c6c7ccccc7cn56)c5sc6ccccc6c45)ccc3c3cc4c(cc32)c2c3ccccc3cn2c2c4ccc3sc4ccccc4c32)cc1. The molecule has 20 rings (SSSR count). The molecule has 0 saturated carbocycles. The molecule has 82 heavy (non-hydrogen) atoms. The lowest BCUT2D eigenvalue weighted by atomic mass is 9.93. The van der Waals surface area contributed by atoms with Crippen LogP contribution in [-0.4, -0.2) is 17.9 Å². The van der Waals surface area contributed by atoms with E-state index < -0.39 is 0 Å². The highest BCUT2D eigenvalue weighted by Crippen LogP contribution is 2.52. The molecular formula is C76H42N4S2. The van der Waals surface area contributed by atoms with Crippen molar-refractivity contribution in [3.05, 3.63) is 255 Å². The van der Waals surface area contributed by atoms with Crippen molar-refractivity contribution >= 4 is 183 Å². The highest BCUT2D eigenvalue weighted by atomic mass is 32.1. The lowest BCUT2D eigenvalue weighted by Gasteiger charge is -2.17. The molecule has 4 nitrogen and oxygen atoms in total. The Morgan fingerprint density at radius 1 is 0.256 bits per heavy atom. The van der Waals surface area contributed by atoms with Crippen LogP contribution in [0.25, 0.3) is 182 Å². The summed E-state index contributed by atoms with van der Waals surface area (Å²) in [5.41, 5.74) is 14.5. The van der Waals surface area contributed by atoms with Crippen LogP contribution < -0.4 is 0 Å². The summed E-state index contributed by atoms with van der Waals surface area (Å²) < 4.78 is 15.3. The maximum Gasteiger partial charge on any atom is 0.0641 e. The van der Waals surface area contributed by atoms with Gasteiger partial charge in [-0.2, -0.15) is 0 Å². The number of hydrogen-bond donors (Lipinski definition) is 0. The lowest BCUT2D eigenvalue weighted by molar-refractivity contribution is 1.18. The van der Waals surface area contributed by atoms with Crippen LogP contribution >= 0.6 is 22.7 Å². The average Bonchev–Trinajstić information content (AvgIpc) is 2.23. The fourth-order valence-corrected chi connectivity index (χ4v) is 17.3. The monoisotopic (exact) mass is 1070 g/mol. The molecule has 0 saturated heterocycles. The quantitative estimate of drug-likeness (QED) is 0.157. The first-order valence-corrected chi connectivity index (χ1v) is 29.8. The van der Waals surface area contributed by atoms with Gasteiger partial charge < -0.3 is 17.9 Å². The van der Waals surface area contributed by atoms with E-state index in [1.54, 1.807) is 0 Å². The number of pyridine rings is 2. The maximum atomic E-state index is 2.54. The first-order valence-electron chi connectivity index (χ1n) is 28.1. The average molecular weight is 1080 g/mol. The Morgan fingerprint density at radius 3 is 1.60 bits per heavy atom. The van der Waals surface area contributed by atoms with Crippen LogP contribution in [0.1, 0.15) is 0 Å². The van der Waals surface area contributed by atoms with E-state index in [9.17, 15) is 0 Å². The minimum absolute atomic E-state index is 1.14. The zero-order chi connectivity index (χ0) is 53.1. The van der Waals surface area contributed by atoms with Crippen LogP contribution in [0.15, 0.2) is 255 Å². The molecule has 0 aliphatic heterocycles. The fraction of sp³-hybridized carbons (Fsp3) is 0. The van der Waals surface area contributed by atoms with Crippen molar-refractivity contribution in [2.75, 3.05) is 0 Å². The molecule has 0 amide bonds. The van der Waals surface area contributed by atoms with Crippen LogP contribution in [0.2, 0.25) is 0 Å². The third-order valence-corrected chi connectivity index (χ3v) is 20.6. The summed E-state index contributed by atoms with van der Waals surface area (Å²) in [6.07, 6.45) is 4.77. The number of thiophene rings is 2. The second kappa shape index (κ2) is 15.8. The molecule has 0 atom stereocenters. The van der Waals surface area contributed by atoms with E-state index in [0.29, 0.717) is 0 Å². The van der Waals surface area contributed by atoms with E-state index in [4.69, 9.17) is 0 Å². The highest BCUT2D eigenvalue weighted by Gasteiger charge is 2.26. The third kappa shape index (κ3) is 5.55. The summed E-state index contributed by atoms with van der Waals surface area (Å²) >= 11 is 3.82. The summed E-state index contributed by atoms with van der Waals surface area (Å²) in [7, 11) is 0. The molecule has 0 fully saturated rings. The Kier molecular flexibility index (Phi) is 8.39. The van der Waals surface area contributed by atoms with Crippen molar-refractivity contribution < 1.29 is 0 Å². The van der Waals surface area contributed by atoms with Gasteiger partial charge in [0.25, 0.3) is 0 Å². The predicted octanol–water partition coefficient (Wildman–Crippen LogP) is 21.7. The van der Waals surface area contributed by atoms with Crippen molar-refractivity contribution in [1.82, 2.24) is 17.9 Å². The molecule has 378 valence electrons. The number of nitrogens with zero attached hydrogens (tertiary/aromatic N) is 4. The highest BCUT2D eigenvalue weighted by molar-refractivity contribution is 7.27. The van der Waals surface area contributed by atoms with Crippen LogP contribution in [0.5, 0.6) is 0 Å².